The second kappa shape index (κ2) is 6.10. The number of aliphatic hydroxyl groups is 1. The van der Waals surface area contributed by atoms with Crippen molar-refractivity contribution in [3.05, 3.63) is 34.9 Å². The summed E-state index contributed by atoms with van der Waals surface area (Å²) >= 11 is 5.80. The van der Waals surface area contributed by atoms with Crippen molar-refractivity contribution >= 4 is 11.6 Å². The second-order valence-corrected chi connectivity index (χ2v) is 5.68. The first-order valence-corrected chi connectivity index (χ1v) is 6.17. The van der Waals surface area contributed by atoms with E-state index in [4.69, 9.17) is 11.6 Å². The fourth-order valence-corrected chi connectivity index (χ4v) is 1.52. The molecule has 0 radical (unpaired) electrons. The number of halogens is 1. The summed E-state index contributed by atoms with van der Waals surface area (Å²) in [7, 11) is 0. The van der Waals surface area contributed by atoms with Gasteiger partial charge in [0.2, 0.25) is 0 Å². The molecule has 0 aliphatic heterocycles. The summed E-state index contributed by atoms with van der Waals surface area (Å²) in [5.41, 5.74) is 1.08. The molecule has 1 aromatic carbocycles. The highest BCUT2D eigenvalue weighted by Gasteiger charge is 2.06. The molecule has 1 N–H and O–H groups in total. The normalized spacial score (nSPS) is 12.8. The molecule has 1 rings (SSSR count). The van der Waals surface area contributed by atoms with Gasteiger partial charge in [0.25, 0.3) is 0 Å². The molecule has 0 aromatic heterocycles. The van der Waals surface area contributed by atoms with E-state index < -0.39 is 6.10 Å². The smallest absolute Gasteiger partial charge is 0.0689 e. The minimum atomic E-state index is -0.411. The molecule has 0 fully saturated rings. The van der Waals surface area contributed by atoms with Gasteiger partial charge in [0.05, 0.1) is 6.10 Å². The van der Waals surface area contributed by atoms with Crippen LogP contribution in [0.2, 0.25) is 5.02 Å². The van der Waals surface area contributed by atoms with Crippen LogP contribution in [0.25, 0.3) is 0 Å². The molecule has 2 heteroatoms. The van der Waals surface area contributed by atoms with E-state index in [0.29, 0.717) is 12.8 Å². The van der Waals surface area contributed by atoms with E-state index in [2.05, 4.69) is 32.6 Å². The Morgan fingerprint density at radius 3 is 2.35 bits per heavy atom. The first-order valence-electron chi connectivity index (χ1n) is 5.79. The molecule has 1 unspecified atom stereocenters. The van der Waals surface area contributed by atoms with Crippen LogP contribution in [0.5, 0.6) is 0 Å². The Labute approximate surface area is 109 Å². The van der Waals surface area contributed by atoms with Gasteiger partial charge >= 0.3 is 0 Å². The van der Waals surface area contributed by atoms with Crippen LogP contribution >= 0.6 is 11.6 Å². The Morgan fingerprint density at radius 2 is 1.82 bits per heavy atom. The topological polar surface area (TPSA) is 20.2 Å². The Kier molecular flexibility index (Phi) is 5.05. The molecular formula is C15H19ClO. The number of benzene rings is 1. The Hall–Kier alpha value is -0.970. The highest BCUT2D eigenvalue weighted by molar-refractivity contribution is 6.30. The largest absolute Gasteiger partial charge is 0.392 e. The maximum absolute atomic E-state index is 9.83. The molecule has 0 heterocycles. The summed E-state index contributed by atoms with van der Waals surface area (Å²) in [6, 6.07) is 7.54. The van der Waals surface area contributed by atoms with Gasteiger partial charge in [0.15, 0.2) is 0 Å². The van der Waals surface area contributed by atoms with Gasteiger partial charge in [-0.3, -0.25) is 0 Å². The summed E-state index contributed by atoms with van der Waals surface area (Å²) in [4.78, 5) is 0. The molecule has 0 aliphatic rings. The summed E-state index contributed by atoms with van der Waals surface area (Å²) in [6.07, 6.45) is 0.724. The van der Waals surface area contributed by atoms with Crippen LogP contribution in [-0.2, 0) is 6.42 Å². The van der Waals surface area contributed by atoms with Gasteiger partial charge in [-0.25, -0.2) is 0 Å². The van der Waals surface area contributed by atoms with E-state index in [1.807, 2.05) is 24.3 Å². The fraction of sp³-hybridized carbons (Fsp3) is 0.467. The van der Waals surface area contributed by atoms with Crippen LogP contribution in [0, 0.1) is 17.3 Å². The average molecular weight is 251 g/mol. The zero-order chi connectivity index (χ0) is 12.9. The molecule has 0 saturated heterocycles. The average Bonchev–Trinajstić information content (AvgIpc) is 2.19. The monoisotopic (exact) mass is 250 g/mol. The van der Waals surface area contributed by atoms with E-state index >= 15 is 0 Å². The van der Waals surface area contributed by atoms with E-state index in [0.717, 1.165) is 10.6 Å². The third-order valence-corrected chi connectivity index (χ3v) is 2.44. The van der Waals surface area contributed by atoms with E-state index in [9.17, 15) is 5.11 Å². The van der Waals surface area contributed by atoms with Gasteiger partial charge in [0, 0.05) is 16.9 Å². The number of hydrogen-bond acceptors (Lipinski definition) is 1. The van der Waals surface area contributed by atoms with Crippen molar-refractivity contribution in [3.63, 3.8) is 0 Å². The zero-order valence-corrected chi connectivity index (χ0v) is 11.4. The molecule has 1 atom stereocenters. The van der Waals surface area contributed by atoms with Crippen molar-refractivity contribution in [1.29, 1.82) is 0 Å². The van der Waals surface area contributed by atoms with Gasteiger partial charge in [-0.05, 0) is 44.9 Å². The summed E-state index contributed by atoms with van der Waals surface area (Å²) in [6.45, 7) is 6.18. The van der Waals surface area contributed by atoms with Gasteiger partial charge in [-0.1, -0.05) is 29.7 Å². The van der Waals surface area contributed by atoms with Crippen molar-refractivity contribution in [1.82, 2.24) is 0 Å². The number of rotatable bonds is 3. The maximum atomic E-state index is 9.83. The quantitative estimate of drug-likeness (QED) is 0.812. The van der Waals surface area contributed by atoms with Crippen LogP contribution in [0.4, 0.5) is 0 Å². The fourth-order valence-electron chi connectivity index (χ4n) is 1.40. The van der Waals surface area contributed by atoms with Gasteiger partial charge in [0.1, 0.15) is 0 Å². The van der Waals surface area contributed by atoms with E-state index in [1.165, 1.54) is 0 Å². The Balaban J connectivity index is 2.46. The van der Waals surface area contributed by atoms with Crippen molar-refractivity contribution in [2.45, 2.75) is 39.7 Å². The van der Waals surface area contributed by atoms with Crippen molar-refractivity contribution in [3.8, 4) is 11.8 Å². The summed E-state index contributed by atoms with van der Waals surface area (Å²) < 4.78 is 0. The lowest BCUT2D eigenvalue weighted by atomic mass is 9.97. The zero-order valence-electron chi connectivity index (χ0n) is 10.6. The molecule has 0 spiro atoms. The predicted molar refractivity (Wildman–Crippen MR) is 73.0 cm³/mol. The lowest BCUT2D eigenvalue weighted by molar-refractivity contribution is 0.180. The number of hydrogen-bond donors (Lipinski definition) is 1. The lowest BCUT2D eigenvalue weighted by Gasteiger charge is -2.09. The van der Waals surface area contributed by atoms with Crippen LogP contribution in [0.1, 0.15) is 32.8 Å². The highest BCUT2D eigenvalue weighted by Crippen LogP contribution is 2.13. The van der Waals surface area contributed by atoms with Crippen LogP contribution in [-0.4, -0.2) is 11.2 Å². The van der Waals surface area contributed by atoms with E-state index in [1.54, 1.807) is 0 Å². The molecule has 0 saturated carbocycles. The Morgan fingerprint density at radius 1 is 1.24 bits per heavy atom. The van der Waals surface area contributed by atoms with Crippen molar-refractivity contribution in [2.24, 2.45) is 5.41 Å². The van der Waals surface area contributed by atoms with Crippen LogP contribution in [0.15, 0.2) is 24.3 Å². The van der Waals surface area contributed by atoms with Crippen molar-refractivity contribution in [2.75, 3.05) is 0 Å². The summed E-state index contributed by atoms with van der Waals surface area (Å²) in [5, 5.41) is 10.6. The second-order valence-electron chi connectivity index (χ2n) is 5.24. The summed E-state index contributed by atoms with van der Waals surface area (Å²) in [5.74, 6) is 6.15. The Bertz CT molecular complexity index is 403. The van der Waals surface area contributed by atoms with Gasteiger partial charge < -0.3 is 5.11 Å². The molecule has 0 amide bonds. The van der Waals surface area contributed by atoms with Crippen LogP contribution in [0.3, 0.4) is 0 Å². The minimum Gasteiger partial charge on any atom is -0.392 e. The molecule has 0 aliphatic carbocycles. The first-order chi connectivity index (χ1) is 7.87. The van der Waals surface area contributed by atoms with Gasteiger partial charge in [-0.2, -0.15) is 0 Å². The molecule has 1 aromatic rings. The molecular weight excluding hydrogens is 232 g/mol. The third-order valence-electron chi connectivity index (χ3n) is 2.19. The molecule has 1 nitrogen and oxygen atoms in total. The molecule has 17 heavy (non-hydrogen) atoms. The minimum absolute atomic E-state index is 0.00000774. The first kappa shape index (κ1) is 14.1. The third kappa shape index (κ3) is 6.36. The molecule has 0 bridgehead atoms. The van der Waals surface area contributed by atoms with Crippen LogP contribution < -0.4 is 0 Å². The standard InChI is InChI=1S/C15H19ClO/c1-15(2,3)10-4-5-14(17)11-12-6-8-13(16)9-7-12/h6-9,14,17H,5,11H2,1-3H3. The highest BCUT2D eigenvalue weighted by atomic mass is 35.5. The maximum Gasteiger partial charge on any atom is 0.0689 e. The van der Waals surface area contributed by atoms with E-state index in [-0.39, 0.29) is 5.41 Å². The van der Waals surface area contributed by atoms with Crippen molar-refractivity contribution < 1.29 is 5.11 Å². The predicted octanol–water partition coefficient (Wildman–Crippen LogP) is 3.68. The number of aliphatic hydroxyl groups excluding tert-OH is 1. The SMILES string of the molecule is CC(C)(C)C#CCC(O)Cc1ccc(Cl)cc1. The lowest BCUT2D eigenvalue weighted by Crippen LogP contribution is -2.09. The molecule has 92 valence electrons. The van der Waals surface area contributed by atoms with Gasteiger partial charge in [-0.15, -0.1) is 5.92 Å².